The Bertz CT molecular complexity index is 693. The van der Waals surface area contributed by atoms with E-state index < -0.39 is 0 Å². The molecular weight excluding hydrogens is 580 g/mol. The van der Waals surface area contributed by atoms with Crippen molar-refractivity contribution in [2.75, 3.05) is 0 Å². The number of hydrogen-bond donors (Lipinski definition) is 0. The van der Waals surface area contributed by atoms with Gasteiger partial charge in [0.25, 0.3) is 0 Å². The molecule has 0 bridgehead atoms. The average Bonchev–Trinajstić information content (AvgIpc) is 3.96. The van der Waals surface area contributed by atoms with Crippen LogP contribution in [-0.2, 0) is 19.2 Å². The third-order valence-corrected chi connectivity index (χ3v) is 9.42. The molecule has 0 aromatic rings. The van der Waals surface area contributed by atoms with Crippen LogP contribution >= 0.6 is 0 Å². The fourth-order valence-corrected chi connectivity index (χ4v) is 4.00. The number of carbonyl (C=O) groups is 4. The lowest BCUT2D eigenvalue weighted by Gasteiger charge is -2.21. The number of Topliss-reactive ketones (excluding diaryl/α,β-unsaturated/α-hetero) is 4. The van der Waals surface area contributed by atoms with E-state index >= 15 is 0 Å². The fraction of sp³-hybridized carbons (Fsp3) is 0.907. The van der Waals surface area contributed by atoms with Crippen molar-refractivity contribution < 1.29 is 19.2 Å². The summed E-state index contributed by atoms with van der Waals surface area (Å²) in [6.07, 6.45) is 18.8. The van der Waals surface area contributed by atoms with Crippen LogP contribution in [0, 0.1) is 47.3 Å². The van der Waals surface area contributed by atoms with Gasteiger partial charge in [0.05, 0.1) is 0 Å². The molecule has 0 aromatic carbocycles. The molecule has 4 nitrogen and oxygen atoms in total. The normalized spacial score (nSPS) is 26.1. The maximum atomic E-state index is 10.4. The van der Waals surface area contributed by atoms with Crippen molar-refractivity contribution >= 4 is 23.1 Å². The second-order valence-electron chi connectivity index (χ2n) is 13.9. The van der Waals surface area contributed by atoms with Gasteiger partial charge in [0.1, 0.15) is 23.1 Å². The molecule has 0 spiro atoms. The molecule has 5 unspecified atom stereocenters. The Morgan fingerprint density at radius 2 is 0.766 bits per heavy atom. The van der Waals surface area contributed by atoms with Gasteiger partial charge in [-0.05, 0) is 75.5 Å². The lowest BCUT2D eigenvalue weighted by Crippen LogP contribution is -2.18. The van der Waals surface area contributed by atoms with Gasteiger partial charge in [-0.1, -0.05) is 142 Å². The summed E-state index contributed by atoms with van der Waals surface area (Å²) in [5, 5.41) is 0. The van der Waals surface area contributed by atoms with Crippen LogP contribution in [0.4, 0.5) is 0 Å². The zero-order valence-corrected chi connectivity index (χ0v) is 34.9. The van der Waals surface area contributed by atoms with Crippen LogP contribution in [0.3, 0.4) is 0 Å². The maximum Gasteiger partial charge on any atom is 0.136 e. The molecule has 7 aliphatic rings. The number of rotatable bonds is 2. The molecule has 7 rings (SSSR count). The quantitative estimate of drug-likeness (QED) is 0.294. The summed E-state index contributed by atoms with van der Waals surface area (Å²) < 4.78 is 0. The van der Waals surface area contributed by atoms with Gasteiger partial charge in [0.15, 0.2) is 0 Å². The Balaban J connectivity index is -0.000000222. The Morgan fingerprint density at radius 3 is 0.766 bits per heavy atom. The van der Waals surface area contributed by atoms with E-state index in [0.717, 1.165) is 68.6 Å². The molecule has 7 fully saturated rings. The van der Waals surface area contributed by atoms with E-state index in [1.807, 2.05) is 62.3 Å². The number of hydrogen-bond acceptors (Lipinski definition) is 4. The van der Waals surface area contributed by atoms with Crippen LogP contribution in [0.1, 0.15) is 207 Å². The van der Waals surface area contributed by atoms with E-state index in [0.29, 0.717) is 46.8 Å². The van der Waals surface area contributed by atoms with Gasteiger partial charge in [-0.15, -0.1) is 0 Å². The Labute approximate surface area is 296 Å². The summed E-state index contributed by atoms with van der Waals surface area (Å²) >= 11 is 0. The van der Waals surface area contributed by atoms with Crippen LogP contribution in [0.25, 0.3) is 0 Å². The van der Waals surface area contributed by atoms with E-state index in [-0.39, 0.29) is 0 Å². The molecule has 47 heavy (non-hydrogen) atoms. The van der Waals surface area contributed by atoms with Gasteiger partial charge in [0.2, 0.25) is 0 Å². The van der Waals surface area contributed by atoms with Crippen LogP contribution < -0.4 is 0 Å². The maximum absolute atomic E-state index is 10.4. The third-order valence-electron chi connectivity index (χ3n) is 9.42. The first kappa shape index (κ1) is 52.5. The average molecular weight is 667 g/mol. The minimum atomic E-state index is 0.368. The van der Waals surface area contributed by atoms with Crippen LogP contribution in [0.2, 0.25) is 0 Å². The summed E-state index contributed by atoms with van der Waals surface area (Å²) in [6, 6.07) is 0. The summed E-state index contributed by atoms with van der Waals surface area (Å²) in [5.74, 6) is 7.82. The van der Waals surface area contributed by atoms with E-state index in [4.69, 9.17) is 0 Å². The van der Waals surface area contributed by atoms with Crippen LogP contribution in [0.5, 0.6) is 0 Å². The van der Waals surface area contributed by atoms with Crippen molar-refractivity contribution in [3.63, 3.8) is 0 Å². The van der Waals surface area contributed by atoms with Gasteiger partial charge >= 0.3 is 0 Å². The monoisotopic (exact) mass is 667 g/mol. The molecule has 0 aliphatic heterocycles. The predicted octanol–water partition coefficient (Wildman–Crippen LogP) is 13.3. The van der Waals surface area contributed by atoms with Crippen molar-refractivity contribution in [3.8, 4) is 0 Å². The highest BCUT2D eigenvalue weighted by atomic mass is 16.1. The molecule has 7 aliphatic carbocycles. The molecule has 282 valence electrons. The van der Waals surface area contributed by atoms with Gasteiger partial charge in [-0.25, -0.2) is 0 Å². The first-order valence-corrected chi connectivity index (χ1v) is 20.4. The molecule has 0 N–H and O–H groups in total. The lowest BCUT2D eigenvalue weighted by molar-refractivity contribution is -0.124. The first-order valence-electron chi connectivity index (χ1n) is 20.4. The van der Waals surface area contributed by atoms with E-state index in [2.05, 4.69) is 34.6 Å². The van der Waals surface area contributed by atoms with Crippen molar-refractivity contribution in [1.29, 1.82) is 0 Å². The van der Waals surface area contributed by atoms with Gasteiger partial charge < -0.3 is 0 Å². The first-order chi connectivity index (χ1) is 22.3. The highest BCUT2D eigenvalue weighted by Crippen LogP contribution is 2.38. The highest BCUT2D eigenvalue weighted by molar-refractivity contribution is 5.95. The molecule has 0 heterocycles. The summed E-state index contributed by atoms with van der Waals surface area (Å²) in [5.41, 5.74) is 0. The summed E-state index contributed by atoms with van der Waals surface area (Å²) in [6.45, 7) is 32.6. The number of carbonyl (C=O) groups excluding carboxylic acids is 4. The Hall–Kier alpha value is -1.32. The van der Waals surface area contributed by atoms with E-state index in [1.165, 1.54) is 51.4 Å². The van der Waals surface area contributed by atoms with Crippen molar-refractivity contribution in [2.24, 2.45) is 47.3 Å². The van der Waals surface area contributed by atoms with Crippen molar-refractivity contribution in [1.82, 2.24) is 0 Å². The highest BCUT2D eigenvalue weighted by Gasteiger charge is 2.36. The molecular formula is C43H86O4. The summed E-state index contributed by atoms with van der Waals surface area (Å²) in [7, 11) is 0. The van der Waals surface area contributed by atoms with Crippen molar-refractivity contribution in [3.05, 3.63) is 0 Å². The minimum Gasteiger partial charge on any atom is -0.300 e. The Kier molecular flexibility index (Phi) is 38.6. The largest absolute Gasteiger partial charge is 0.300 e. The second-order valence-corrected chi connectivity index (χ2v) is 13.9. The lowest BCUT2D eigenvalue weighted by atomic mass is 9.83. The molecule has 5 atom stereocenters. The fourth-order valence-electron chi connectivity index (χ4n) is 4.00. The molecule has 0 radical (unpaired) electrons. The van der Waals surface area contributed by atoms with Gasteiger partial charge in [-0.2, -0.15) is 0 Å². The van der Waals surface area contributed by atoms with E-state index in [1.54, 1.807) is 13.8 Å². The van der Waals surface area contributed by atoms with Gasteiger partial charge in [0, 0.05) is 37.0 Å². The third kappa shape index (κ3) is 34.3. The van der Waals surface area contributed by atoms with Crippen LogP contribution in [-0.4, -0.2) is 23.1 Å². The standard InChI is InChI=1S/2C6H10O.3C5H10.2C4H6O.4C2H6/c1-4-3-6(4)5(2)7;1-5(7)6-3-2-4-6;1-4-3-5(4)2;2*1-5-3-2-4-5;1-3-2-4(3)5;5-4-2-1-3-4;4*1-2/h4,6H,3H2,1-2H3;6H,2-4H2,1H3;4-5H,3H2,1-2H3;2*5H,2-4H2,1H3;3H,2H2,1H3;1-3H2;4*1-2H3. The van der Waals surface area contributed by atoms with E-state index in [9.17, 15) is 19.2 Å². The van der Waals surface area contributed by atoms with Gasteiger partial charge in [-0.3, -0.25) is 19.2 Å². The molecule has 0 saturated heterocycles. The molecule has 4 heteroatoms. The zero-order valence-electron chi connectivity index (χ0n) is 34.9. The molecule has 0 aromatic heterocycles. The smallest absolute Gasteiger partial charge is 0.136 e. The topological polar surface area (TPSA) is 68.3 Å². The zero-order chi connectivity index (χ0) is 37.5. The minimum absolute atomic E-state index is 0.368. The summed E-state index contributed by atoms with van der Waals surface area (Å²) in [4.78, 5) is 40.6. The molecule has 0 amide bonds. The predicted molar refractivity (Wildman–Crippen MR) is 208 cm³/mol. The SMILES string of the molecule is CC.CC.CC.CC.CC(=O)C1CC1C.CC(=O)C1CCC1.CC1CC1=O.CC1CC1C.CC1CCC1.CC1CCC1.O=C1CCC1. The number of ketones is 4. The van der Waals surface area contributed by atoms with Crippen LogP contribution in [0.15, 0.2) is 0 Å². The molecule has 7 saturated carbocycles. The second kappa shape index (κ2) is 34.5. The Morgan fingerprint density at radius 1 is 0.511 bits per heavy atom. The van der Waals surface area contributed by atoms with Crippen molar-refractivity contribution in [2.45, 2.75) is 207 Å².